The zero-order valence-corrected chi connectivity index (χ0v) is 17.1. The highest BCUT2D eigenvalue weighted by molar-refractivity contribution is 7.90. The number of ether oxygens (including phenoxy) is 1. The van der Waals surface area contributed by atoms with Gasteiger partial charge in [-0.3, -0.25) is 0 Å². The van der Waals surface area contributed by atoms with Gasteiger partial charge < -0.3 is 10.1 Å². The zero-order chi connectivity index (χ0) is 20.2. The van der Waals surface area contributed by atoms with E-state index >= 15 is 0 Å². The number of anilines is 1. The van der Waals surface area contributed by atoms with Gasteiger partial charge in [-0.05, 0) is 66.8 Å². The molecular formula is C20H24N4O4S. The predicted octanol–water partition coefficient (Wildman–Crippen LogP) is 2.40. The average molecular weight is 417 g/mol. The fraction of sp³-hybridized carbons (Fsp3) is 0.500. The van der Waals surface area contributed by atoms with Crippen LogP contribution in [0.2, 0.25) is 0 Å². The van der Waals surface area contributed by atoms with Crippen LogP contribution in [0.5, 0.6) is 5.88 Å². The molecule has 1 aromatic heterocycles. The van der Waals surface area contributed by atoms with Crippen molar-refractivity contribution in [2.75, 3.05) is 11.9 Å². The highest BCUT2D eigenvalue weighted by Gasteiger charge is 2.31. The number of carbonyl (C=O) groups is 1. The number of benzene rings is 1. The average Bonchev–Trinajstić information content (AvgIpc) is 3.39. The number of sulfonamides is 1. The van der Waals surface area contributed by atoms with Gasteiger partial charge in [0.25, 0.3) is 10.0 Å². The molecule has 0 fully saturated rings. The van der Waals surface area contributed by atoms with E-state index in [-0.39, 0.29) is 16.7 Å². The molecule has 1 aromatic carbocycles. The smallest absolute Gasteiger partial charge is 0.333 e. The number of aryl methyl sites for hydroxylation is 1. The molecule has 154 valence electrons. The molecule has 2 aromatic rings. The fourth-order valence-electron chi connectivity index (χ4n) is 4.73. The number of hydrogen-bond donors (Lipinski definition) is 2. The van der Waals surface area contributed by atoms with Crippen LogP contribution >= 0.6 is 0 Å². The highest BCUT2D eigenvalue weighted by atomic mass is 32.2. The molecule has 8 nitrogen and oxygen atoms in total. The van der Waals surface area contributed by atoms with Crippen LogP contribution in [-0.4, -0.2) is 30.8 Å². The summed E-state index contributed by atoms with van der Waals surface area (Å²) >= 11 is 0. The SMILES string of the molecule is CC1COc2c(S(=O)(=O)NC(=O)Nc3cc4c(c5c3CCC5)CCC4)cnn2C1. The quantitative estimate of drug-likeness (QED) is 0.800. The number of fused-ring (bicyclic) bond motifs is 4. The number of aromatic nitrogens is 2. The van der Waals surface area contributed by atoms with Crippen LogP contribution in [0.15, 0.2) is 17.2 Å². The number of hydrogen-bond acceptors (Lipinski definition) is 5. The maximum atomic E-state index is 12.8. The van der Waals surface area contributed by atoms with Gasteiger partial charge in [0.2, 0.25) is 5.88 Å². The van der Waals surface area contributed by atoms with Gasteiger partial charge in [0.15, 0.2) is 4.90 Å². The summed E-state index contributed by atoms with van der Waals surface area (Å²) in [6.07, 6.45) is 7.49. The molecule has 0 saturated carbocycles. The lowest BCUT2D eigenvalue weighted by molar-refractivity contribution is 0.170. The second kappa shape index (κ2) is 6.76. The van der Waals surface area contributed by atoms with Gasteiger partial charge in [-0.1, -0.05) is 6.92 Å². The van der Waals surface area contributed by atoms with Crippen molar-refractivity contribution in [2.45, 2.75) is 56.9 Å². The first-order valence-corrected chi connectivity index (χ1v) is 11.6. The summed E-state index contributed by atoms with van der Waals surface area (Å²) < 4.78 is 34.7. The molecule has 0 saturated heterocycles. The van der Waals surface area contributed by atoms with Gasteiger partial charge in [-0.2, -0.15) is 5.10 Å². The maximum Gasteiger partial charge on any atom is 0.333 e. The lowest BCUT2D eigenvalue weighted by Gasteiger charge is -2.21. The molecule has 29 heavy (non-hydrogen) atoms. The molecule has 3 aliphatic rings. The number of nitrogens with zero attached hydrogens (tertiary/aromatic N) is 2. The molecule has 2 amide bonds. The van der Waals surface area contributed by atoms with Crippen LogP contribution in [-0.2, 0) is 42.3 Å². The van der Waals surface area contributed by atoms with E-state index in [2.05, 4.69) is 15.1 Å². The van der Waals surface area contributed by atoms with E-state index in [1.165, 1.54) is 27.6 Å². The first kappa shape index (κ1) is 18.5. The Kier molecular flexibility index (Phi) is 4.31. The Morgan fingerprint density at radius 2 is 1.93 bits per heavy atom. The monoisotopic (exact) mass is 416 g/mol. The number of rotatable bonds is 3. The normalized spacial score (nSPS) is 19.8. The zero-order valence-electron chi connectivity index (χ0n) is 16.3. The molecule has 0 bridgehead atoms. The van der Waals surface area contributed by atoms with E-state index in [1.54, 1.807) is 0 Å². The molecule has 0 radical (unpaired) electrons. The van der Waals surface area contributed by atoms with Crippen molar-refractivity contribution >= 4 is 21.7 Å². The van der Waals surface area contributed by atoms with Crippen LogP contribution in [0.3, 0.4) is 0 Å². The summed E-state index contributed by atoms with van der Waals surface area (Å²) in [5, 5.41) is 6.87. The fourth-order valence-corrected chi connectivity index (χ4v) is 5.71. The summed E-state index contributed by atoms with van der Waals surface area (Å²) in [7, 11) is -4.09. The van der Waals surface area contributed by atoms with Crippen molar-refractivity contribution in [3.8, 4) is 5.88 Å². The highest BCUT2D eigenvalue weighted by Crippen LogP contribution is 2.38. The molecule has 5 rings (SSSR count). The number of carbonyl (C=O) groups excluding carboxylic acids is 1. The van der Waals surface area contributed by atoms with Gasteiger partial charge in [0.1, 0.15) is 0 Å². The Hall–Kier alpha value is -2.55. The Labute approximate surface area is 169 Å². The summed E-state index contributed by atoms with van der Waals surface area (Å²) in [5.74, 6) is 0.429. The Bertz CT molecular complexity index is 1110. The third-order valence-corrected chi connectivity index (χ3v) is 7.31. The maximum absolute atomic E-state index is 12.8. The third kappa shape index (κ3) is 3.17. The Balaban J connectivity index is 1.37. The molecule has 2 N–H and O–H groups in total. The van der Waals surface area contributed by atoms with Gasteiger partial charge in [0.05, 0.1) is 19.3 Å². The van der Waals surface area contributed by atoms with E-state index < -0.39 is 16.1 Å². The topological polar surface area (TPSA) is 102 Å². The van der Waals surface area contributed by atoms with Crippen molar-refractivity contribution in [2.24, 2.45) is 5.92 Å². The van der Waals surface area contributed by atoms with Crippen LogP contribution in [0.1, 0.15) is 42.0 Å². The molecule has 1 unspecified atom stereocenters. The van der Waals surface area contributed by atoms with Crippen molar-refractivity contribution in [3.63, 3.8) is 0 Å². The van der Waals surface area contributed by atoms with E-state index in [9.17, 15) is 13.2 Å². The largest absolute Gasteiger partial charge is 0.477 e. The van der Waals surface area contributed by atoms with Crippen LogP contribution < -0.4 is 14.8 Å². The molecular weight excluding hydrogens is 392 g/mol. The first-order valence-electron chi connectivity index (χ1n) is 10.1. The minimum absolute atomic E-state index is 0.112. The molecule has 9 heteroatoms. The van der Waals surface area contributed by atoms with Crippen LogP contribution in [0.25, 0.3) is 0 Å². The Morgan fingerprint density at radius 3 is 2.79 bits per heavy atom. The minimum atomic E-state index is -4.09. The van der Waals surface area contributed by atoms with Gasteiger partial charge in [-0.15, -0.1) is 0 Å². The van der Waals surface area contributed by atoms with Gasteiger partial charge in [-0.25, -0.2) is 22.6 Å². The van der Waals surface area contributed by atoms with E-state index in [0.29, 0.717) is 13.2 Å². The Morgan fingerprint density at radius 1 is 1.17 bits per heavy atom. The minimum Gasteiger partial charge on any atom is -0.477 e. The van der Waals surface area contributed by atoms with Gasteiger partial charge >= 0.3 is 6.03 Å². The summed E-state index contributed by atoms with van der Waals surface area (Å²) in [6, 6.07) is 1.26. The summed E-state index contributed by atoms with van der Waals surface area (Å²) in [6.45, 7) is 3.00. The molecule has 1 aliphatic heterocycles. The second-order valence-corrected chi connectivity index (χ2v) is 9.85. The standard InChI is InChI=1S/C20H24N4O4S/c1-12-10-24-19(28-11-12)18(9-21-24)29(26,27)23-20(25)22-17-8-13-4-2-5-14(13)15-6-3-7-16(15)17/h8-9,12H,2-7,10-11H2,1H3,(H2,22,23,25). The molecule has 1 atom stereocenters. The molecule has 2 aliphatic carbocycles. The number of urea groups is 1. The van der Waals surface area contributed by atoms with E-state index in [0.717, 1.165) is 49.8 Å². The van der Waals surface area contributed by atoms with Crippen molar-refractivity contribution in [1.82, 2.24) is 14.5 Å². The predicted molar refractivity (Wildman–Crippen MR) is 107 cm³/mol. The van der Waals surface area contributed by atoms with Crippen LogP contribution in [0.4, 0.5) is 10.5 Å². The third-order valence-electron chi connectivity index (χ3n) is 6.00. The van der Waals surface area contributed by atoms with Crippen molar-refractivity contribution in [1.29, 1.82) is 0 Å². The molecule has 0 spiro atoms. The summed E-state index contributed by atoms with van der Waals surface area (Å²) in [4.78, 5) is 12.5. The lowest BCUT2D eigenvalue weighted by Crippen LogP contribution is -2.35. The lowest BCUT2D eigenvalue weighted by atomic mass is 9.98. The van der Waals surface area contributed by atoms with Gasteiger partial charge in [0, 0.05) is 11.6 Å². The second-order valence-electron chi connectivity index (χ2n) is 8.20. The van der Waals surface area contributed by atoms with Crippen LogP contribution in [0, 0.1) is 5.92 Å². The van der Waals surface area contributed by atoms with Crippen molar-refractivity contribution in [3.05, 3.63) is 34.5 Å². The van der Waals surface area contributed by atoms with E-state index in [1.807, 2.05) is 13.0 Å². The van der Waals surface area contributed by atoms with E-state index in [4.69, 9.17) is 4.74 Å². The first-order chi connectivity index (χ1) is 13.9. The molecule has 2 heterocycles. The summed E-state index contributed by atoms with van der Waals surface area (Å²) in [5.41, 5.74) is 5.95. The number of amides is 2. The van der Waals surface area contributed by atoms with Crippen molar-refractivity contribution < 1.29 is 17.9 Å². The number of nitrogens with one attached hydrogen (secondary N) is 2.